The number of carbonyl (C=O) groups excluding carboxylic acids is 1. The molecule has 0 aromatic heterocycles. The summed E-state index contributed by atoms with van der Waals surface area (Å²) >= 11 is 0. The molecule has 1 aliphatic rings. The molecule has 1 aromatic carbocycles. The van der Waals surface area contributed by atoms with Crippen molar-refractivity contribution < 1.29 is 9.90 Å². The summed E-state index contributed by atoms with van der Waals surface area (Å²) in [4.78, 5) is 12.6. The largest absolute Gasteiger partial charge is 0.511 e. The first kappa shape index (κ1) is 17.5. The first-order valence-electron chi connectivity index (χ1n) is 8.38. The van der Waals surface area contributed by atoms with E-state index < -0.39 is 0 Å². The van der Waals surface area contributed by atoms with Crippen molar-refractivity contribution in [1.29, 1.82) is 5.41 Å². The van der Waals surface area contributed by atoms with Crippen molar-refractivity contribution in [2.45, 2.75) is 59.8 Å². The summed E-state index contributed by atoms with van der Waals surface area (Å²) in [5.74, 6) is 0.00595. The molecule has 0 spiro atoms. The molecule has 2 rings (SSSR count). The monoisotopic (exact) mass is 313 g/mol. The van der Waals surface area contributed by atoms with Crippen molar-refractivity contribution in [3.8, 4) is 0 Å². The summed E-state index contributed by atoms with van der Waals surface area (Å²) < 4.78 is 0. The molecule has 0 aliphatic heterocycles. The van der Waals surface area contributed by atoms with Crippen LogP contribution in [0.25, 0.3) is 0 Å². The zero-order valence-electron chi connectivity index (χ0n) is 14.8. The predicted octanol–water partition coefficient (Wildman–Crippen LogP) is 4.94. The van der Waals surface area contributed by atoms with Gasteiger partial charge >= 0.3 is 0 Å². The van der Waals surface area contributed by atoms with E-state index >= 15 is 0 Å². The minimum atomic E-state index is -0.0941. The van der Waals surface area contributed by atoms with Gasteiger partial charge in [0.15, 0.2) is 5.78 Å². The van der Waals surface area contributed by atoms with Gasteiger partial charge in [-0.2, -0.15) is 0 Å². The highest BCUT2D eigenvalue weighted by Crippen LogP contribution is 2.38. The van der Waals surface area contributed by atoms with E-state index in [1.54, 1.807) is 0 Å². The molecule has 2 atom stereocenters. The first-order chi connectivity index (χ1) is 10.8. The molecule has 0 saturated heterocycles. The number of benzene rings is 1. The van der Waals surface area contributed by atoms with E-state index in [0.717, 1.165) is 6.42 Å². The van der Waals surface area contributed by atoms with Crippen LogP contribution in [0, 0.1) is 32.1 Å². The average molecular weight is 313 g/mol. The van der Waals surface area contributed by atoms with E-state index in [2.05, 4.69) is 32.9 Å². The van der Waals surface area contributed by atoms with Crippen LogP contribution in [0.2, 0.25) is 0 Å². The molecule has 3 nitrogen and oxygen atoms in total. The third-order valence-electron chi connectivity index (χ3n) is 4.96. The maximum atomic E-state index is 12.6. The quantitative estimate of drug-likeness (QED) is 0.774. The number of carbonyl (C=O) groups is 1. The van der Waals surface area contributed by atoms with Gasteiger partial charge in [0, 0.05) is 18.6 Å². The van der Waals surface area contributed by atoms with Crippen LogP contribution in [-0.2, 0) is 4.79 Å². The molecule has 0 radical (unpaired) electrons. The fourth-order valence-corrected chi connectivity index (χ4v) is 3.69. The Bertz CT molecular complexity index is 662. The molecule has 1 aromatic rings. The van der Waals surface area contributed by atoms with Gasteiger partial charge < -0.3 is 10.5 Å². The summed E-state index contributed by atoms with van der Waals surface area (Å²) in [6.07, 6.45) is 1.62. The summed E-state index contributed by atoms with van der Waals surface area (Å²) in [6.45, 7) is 10.1. The Labute approximate surface area is 138 Å². The van der Waals surface area contributed by atoms with E-state index in [9.17, 15) is 9.90 Å². The zero-order chi connectivity index (χ0) is 17.3. The van der Waals surface area contributed by atoms with Gasteiger partial charge in [-0.25, -0.2) is 0 Å². The summed E-state index contributed by atoms with van der Waals surface area (Å²) in [6, 6.07) is 4.26. The highest BCUT2D eigenvalue weighted by molar-refractivity contribution is 6.22. The number of Topliss-reactive ketones (excluding diaryl/α,β-unsaturated/α-hetero) is 1. The lowest BCUT2D eigenvalue weighted by Gasteiger charge is -2.28. The molecule has 0 bridgehead atoms. The van der Waals surface area contributed by atoms with Gasteiger partial charge in [0.25, 0.3) is 0 Å². The van der Waals surface area contributed by atoms with Gasteiger partial charge in [-0.05, 0) is 55.7 Å². The number of nitrogens with one attached hydrogen (secondary N) is 1. The van der Waals surface area contributed by atoms with Crippen molar-refractivity contribution in [2.24, 2.45) is 5.92 Å². The Kier molecular flexibility index (Phi) is 5.08. The standard InChI is InChI=1S/C20H27NO2/c1-6-12(3)20(21)19-16(22)9-15(10-17(19)23)18-13(4)7-11(2)8-14(18)5/h7-8,12,15,21-22H,6,9-10H2,1-5H3. The molecule has 0 amide bonds. The van der Waals surface area contributed by atoms with E-state index in [-0.39, 0.29) is 34.7 Å². The van der Waals surface area contributed by atoms with Gasteiger partial charge in [0.1, 0.15) is 5.76 Å². The Hall–Kier alpha value is -1.90. The third kappa shape index (κ3) is 3.39. The minimum absolute atomic E-state index is 0.00417. The van der Waals surface area contributed by atoms with Crippen molar-refractivity contribution in [3.05, 3.63) is 45.7 Å². The number of aliphatic hydroxyl groups excluding tert-OH is 1. The Balaban J connectivity index is 2.38. The summed E-state index contributed by atoms with van der Waals surface area (Å²) in [7, 11) is 0. The molecular formula is C20H27NO2. The highest BCUT2D eigenvalue weighted by Gasteiger charge is 2.33. The molecule has 23 heavy (non-hydrogen) atoms. The number of hydrogen-bond donors (Lipinski definition) is 2. The Morgan fingerprint density at radius 1 is 1.26 bits per heavy atom. The van der Waals surface area contributed by atoms with E-state index in [4.69, 9.17) is 5.41 Å². The topological polar surface area (TPSA) is 61.1 Å². The second-order valence-corrected chi connectivity index (χ2v) is 6.89. The number of aryl methyl sites for hydroxylation is 3. The lowest BCUT2D eigenvalue weighted by molar-refractivity contribution is -0.116. The number of allylic oxidation sites excluding steroid dienone is 2. The van der Waals surface area contributed by atoms with Crippen LogP contribution < -0.4 is 0 Å². The normalized spacial score (nSPS) is 19.9. The van der Waals surface area contributed by atoms with E-state index in [0.29, 0.717) is 12.8 Å². The second kappa shape index (κ2) is 6.69. The maximum Gasteiger partial charge on any atom is 0.168 e. The first-order valence-corrected chi connectivity index (χ1v) is 8.38. The van der Waals surface area contributed by atoms with Crippen molar-refractivity contribution in [2.75, 3.05) is 0 Å². The van der Waals surface area contributed by atoms with Gasteiger partial charge in [0.2, 0.25) is 0 Å². The van der Waals surface area contributed by atoms with Crippen LogP contribution >= 0.6 is 0 Å². The molecule has 0 saturated carbocycles. The van der Waals surface area contributed by atoms with Crippen molar-refractivity contribution in [1.82, 2.24) is 0 Å². The minimum Gasteiger partial charge on any atom is -0.511 e. The van der Waals surface area contributed by atoms with Gasteiger partial charge in [0.05, 0.1) is 5.57 Å². The number of rotatable bonds is 4. The van der Waals surface area contributed by atoms with Crippen LogP contribution in [0.4, 0.5) is 0 Å². The fourth-order valence-electron chi connectivity index (χ4n) is 3.69. The van der Waals surface area contributed by atoms with E-state index in [1.807, 2.05) is 13.8 Å². The van der Waals surface area contributed by atoms with Crippen LogP contribution in [0.3, 0.4) is 0 Å². The molecule has 0 fully saturated rings. The molecule has 2 N–H and O–H groups in total. The molecular weight excluding hydrogens is 286 g/mol. The molecule has 3 heteroatoms. The van der Waals surface area contributed by atoms with Crippen LogP contribution in [0.15, 0.2) is 23.5 Å². The Morgan fingerprint density at radius 2 is 1.83 bits per heavy atom. The molecule has 1 aliphatic carbocycles. The smallest absolute Gasteiger partial charge is 0.168 e. The van der Waals surface area contributed by atoms with Crippen LogP contribution in [-0.4, -0.2) is 16.6 Å². The molecule has 0 heterocycles. The van der Waals surface area contributed by atoms with Gasteiger partial charge in [-0.3, -0.25) is 4.79 Å². The van der Waals surface area contributed by atoms with Crippen molar-refractivity contribution in [3.63, 3.8) is 0 Å². The zero-order valence-corrected chi connectivity index (χ0v) is 14.8. The lowest BCUT2D eigenvalue weighted by Crippen LogP contribution is -2.27. The highest BCUT2D eigenvalue weighted by atomic mass is 16.3. The molecule has 124 valence electrons. The number of hydrogen-bond acceptors (Lipinski definition) is 3. The van der Waals surface area contributed by atoms with Crippen molar-refractivity contribution >= 4 is 11.5 Å². The van der Waals surface area contributed by atoms with Gasteiger partial charge in [-0.1, -0.05) is 31.5 Å². The average Bonchev–Trinajstić information content (AvgIpc) is 2.44. The maximum absolute atomic E-state index is 12.6. The predicted molar refractivity (Wildman–Crippen MR) is 94.5 cm³/mol. The van der Waals surface area contributed by atoms with Crippen LogP contribution in [0.1, 0.15) is 61.3 Å². The number of ketones is 1. The summed E-state index contributed by atoms with van der Waals surface area (Å²) in [5, 5.41) is 18.6. The fraction of sp³-hybridized carbons (Fsp3) is 0.500. The van der Waals surface area contributed by atoms with Crippen LogP contribution in [0.5, 0.6) is 0 Å². The summed E-state index contributed by atoms with van der Waals surface area (Å²) in [5.41, 5.74) is 5.28. The van der Waals surface area contributed by atoms with Gasteiger partial charge in [-0.15, -0.1) is 0 Å². The number of aliphatic hydroxyl groups is 1. The molecule has 2 unspecified atom stereocenters. The SMILES string of the molecule is CCC(C)C(=N)C1=C(O)CC(c2c(C)cc(C)cc2C)CC1=O. The second-order valence-electron chi connectivity index (χ2n) is 6.89. The lowest BCUT2D eigenvalue weighted by atomic mass is 9.77. The van der Waals surface area contributed by atoms with E-state index in [1.165, 1.54) is 22.3 Å². The Morgan fingerprint density at radius 3 is 2.30 bits per heavy atom. The third-order valence-corrected chi connectivity index (χ3v) is 4.96.